The minimum atomic E-state index is -0.386. The molecule has 6 nitrogen and oxygen atoms in total. The highest BCUT2D eigenvalue weighted by molar-refractivity contribution is 7.14. The lowest BCUT2D eigenvalue weighted by Crippen LogP contribution is -2.25. The SMILES string of the molecule is CCCCCNC(=O)c1csc(NC(=O)Nc2ccc(C)cc2)n1. The molecule has 3 N–H and O–H groups in total. The van der Waals surface area contributed by atoms with E-state index in [-0.39, 0.29) is 11.9 Å². The lowest BCUT2D eigenvalue weighted by atomic mass is 10.2. The van der Waals surface area contributed by atoms with Gasteiger partial charge in [-0.15, -0.1) is 11.3 Å². The summed E-state index contributed by atoms with van der Waals surface area (Å²) in [4.78, 5) is 28.0. The molecule has 0 fully saturated rings. The maximum atomic E-state index is 11.9. The number of unbranched alkanes of at least 4 members (excludes halogenated alkanes) is 2. The zero-order valence-electron chi connectivity index (χ0n) is 13.9. The van der Waals surface area contributed by atoms with E-state index in [0.29, 0.717) is 23.1 Å². The normalized spacial score (nSPS) is 10.2. The minimum Gasteiger partial charge on any atom is -0.351 e. The van der Waals surface area contributed by atoms with Gasteiger partial charge in [-0.3, -0.25) is 10.1 Å². The zero-order chi connectivity index (χ0) is 17.4. The van der Waals surface area contributed by atoms with Crippen molar-refractivity contribution in [2.45, 2.75) is 33.1 Å². The molecular weight excluding hydrogens is 324 g/mol. The number of benzene rings is 1. The summed E-state index contributed by atoms with van der Waals surface area (Å²) in [7, 11) is 0. The first-order chi connectivity index (χ1) is 11.6. The highest BCUT2D eigenvalue weighted by Gasteiger charge is 2.12. The average Bonchev–Trinajstić information content (AvgIpc) is 3.02. The number of rotatable bonds is 7. The fourth-order valence-corrected chi connectivity index (χ4v) is 2.68. The van der Waals surface area contributed by atoms with Gasteiger partial charge >= 0.3 is 6.03 Å². The number of carbonyl (C=O) groups excluding carboxylic acids is 2. The standard InChI is InChI=1S/C17H22N4O2S/c1-3-4-5-10-18-15(22)14-11-24-17(20-14)21-16(23)19-13-8-6-12(2)7-9-13/h6-9,11H,3-5,10H2,1-2H3,(H,18,22)(H2,19,20,21,23). The van der Waals surface area contributed by atoms with Crippen LogP contribution in [0.2, 0.25) is 0 Å². The van der Waals surface area contributed by atoms with Crippen molar-refractivity contribution in [2.24, 2.45) is 0 Å². The molecule has 2 aromatic rings. The molecule has 1 aromatic heterocycles. The monoisotopic (exact) mass is 346 g/mol. The van der Waals surface area contributed by atoms with E-state index in [1.807, 2.05) is 31.2 Å². The quantitative estimate of drug-likeness (QED) is 0.662. The molecule has 7 heteroatoms. The first kappa shape index (κ1) is 17.9. The van der Waals surface area contributed by atoms with Crippen LogP contribution in [0.1, 0.15) is 42.2 Å². The van der Waals surface area contributed by atoms with Gasteiger partial charge in [0.1, 0.15) is 5.69 Å². The number of nitrogens with zero attached hydrogens (tertiary/aromatic N) is 1. The van der Waals surface area contributed by atoms with Gasteiger partial charge in [0.25, 0.3) is 5.91 Å². The van der Waals surface area contributed by atoms with Crippen LogP contribution in [0.25, 0.3) is 0 Å². The predicted octanol–water partition coefficient (Wildman–Crippen LogP) is 4.02. The number of carbonyl (C=O) groups is 2. The fraction of sp³-hybridized carbons (Fsp3) is 0.353. The molecule has 128 valence electrons. The van der Waals surface area contributed by atoms with Crippen molar-refractivity contribution in [3.63, 3.8) is 0 Å². The van der Waals surface area contributed by atoms with E-state index in [2.05, 4.69) is 27.9 Å². The summed E-state index contributed by atoms with van der Waals surface area (Å²) in [5.41, 5.74) is 2.14. The Morgan fingerprint density at radius 1 is 1.12 bits per heavy atom. The maximum absolute atomic E-state index is 11.9. The molecule has 0 saturated carbocycles. The number of aryl methyl sites for hydroxylation is 1. The van der Waals surface area contributed by atoms with E-state index in [4.69, 9.17) is 0 Å². The van der Waals surface area contributed by atoms with Crippen LogP contribution < -0.4 is 16.0 Å². The third-order valence-corrected chi connectivity index (χ3v) is 4.09. The van der Waals surface area contributed by atoms with Crippen LogP contribution in [0.15, 0.2) is 29.6 Å². The molecule has 0 unspecified atom stereocenters. The van der Waals surface area contributed by atoms with Crippen LogP contribution in [0.3, 0.4) is 0 Å². The average molecular weight is 346 g/mol. The Balaban J connectivity index is 1.83. The topological polar surface area (TPSA) is 83.1 Å². The summed E-state index contributed by atoms with van der Waals surface area (Å²) in [6, 6.07) is 7.10. The number of hydrogen-bond donors (Lipinski definition) is 3. The predicted molar refractivity (Wildman–Crippen MR) is 97.8 cm³/mol. The van der Waals surface area contributed by atoms with Gasteiger partial charge in [-0.05, 0) is 25.5 Å². The van der Waals surface area contributed by atoms with Crippen molar-refractivity contribution in [3.05, 3.63) is 40.9 Å². The van der Waals surface area contributed by atoms with Crippen molar-refractivity contribution in [1.82, 2.24) is 10.3 Å². The van der Waals surface area contributed by atoms with E-state index in [1.165, 1.54) is 11.3 Å². The summed E-state index contributed by atoms with van der Waals surface area (Å²) in [6.45, 7) is 4.73. The number of anilines is 2. The third-order valence-electron chi connectivity index (χ3n) is 3.33. The largest absolute Gasteiger partial charge is 0.351 e. The Hall–Kier alpha value is -2.41. The molecule has 0 atom stereocenters. The van der Waals surface area contributed by atoms with Crippen molar-refractivity contribution < 1.29 is 9.59 Å². The summed E-state index contributed by atoms with van der Waals surface area (Å²) in [5.74, 6) is -0.214. The van der Waals surface area contributed by atoms with Gasteiger partial charge in [0.2, 0.25) is 0 Å². The first-order valence-electron chi connectivity index (χ1n) is 7.97. The smallest absolute Gasteiger partial charge is 0.325 e. The molecule has 0 aliphatic rings. The van der Waals surface area contributed by atoms with Crippen molar-refractivity contribution in [3.8, 4) is 0 Å². The highest BCUT2D eigenvalue weighted by Crippen LogP contribution is 2.16. The molecule has 1 heterocycles. The lowest BCUT2D eigenvalue weighted by Gasteiger charge is -2.05. The maximum Gasteiger partial charge on any atom is 0.325 e. The molecule has 0 saturated heterocycles. The molecule has 1 aromatic carbocycles. The molecule has 0 radical (unpaired) electrons. The van der Waals surface area contributed by atoms with Crippen LogP contribution in [-0.4, -0.2) is 23.5 Å². The second kappa shape index (κ2) is 9.02. The lowest BCUT2D eigenvalue weighted by molar-refractivity contribution is 0.0948. The molecule has 2 rings (SSSR count). The van der Waals surface area contributed by atoms with E-state index in [1.54, 1.807) is 5.38 Å². The Bertz CT molecular complexity index is 682. The van der Waals surface area contributed by atoms with Crippen LogP contribution in [0, 0.1) is 6.92 Å². The number of thiazole rings is 1. The number of aromatic nitrogens is 1. The molecule has 0 aliphatic heterocycles. The number of nitrogens with one attached hydrogen (secondary N) is 3. The van der Waals surface area contributed by atoms with Gasteiger partial charge < -0.3 is 10.6 Å². The summed E-state index contributed by atoms with van der Waals surface area (Å²) in [5, 5.41) is 10.2. The molecule has 3 amide bonds. The van der Waals surface area contributed by atoms with E-state index < -0.39 is 0 Å². The molecule has 0 spiro atoms. The number of hydrogen-bond acceptors (Lipinski definition) is 4. The minimum absolute atomic E-state index is 0.214. The van der Waals surface area contributed by atoms with Gasteiger partial charge in [0.05, 0.1) is 0 Å². The first-order valence-corrected chi connectivity index (χ1v) is 8.85. The van der Waals surface area contributed by atoms with Crippen LogP contribution in [0.4, 0.5) is 15.6 Å². The van der Waals surface area contributed by atoms with E-state index in [9.17, 15) is 9.59 Å². The second-order valence-corrected chi connectivity index (χ2v) is 6.30. The zero-order valence-corrected chi connectivity index (χ0v) is 14.7. The summed E-state index contributed by atoms with van der Waals surface area (Å²) < 4.78 is 0. The summed E-state index contributed by atoms with van der Waals surface area (Å²) >= 11 is 1.22. The summed E-state index contributed by atoms with van der Waals surface area (Å²) in [6.07, 6.45) is 3.15. The Morgan fingerprint density at radius 3 is 2.58 bits per heavy atom. The van der Waals surface area contributed by atoms with E-state index >= 15 is 0 Å². The molecular formula is C17H22N4O2S. The number of amides is 3. The Labute approximate surface area is 145 Å². The van der Waals surface area contributed by atoms with Crippen LogP contribution in [0.5, 0.6) is 0 Å². The van der Waals surface area contributed by atoms with Gasteiger partial charge in [0.15, 0.2) is 5.13 Å². The Kier molecular flexibility index (Phi) is 6.74. The van der Waals surface area contributed by atoms with E-state index in [0.717, 1.165) is 24.8 Å². The number of urea groups is 1. The van der Waals surface area contributed by atoms with Crippen LogP contribution in [-0.2, 0) is 0 Å². The van der Waals surface area contributed by atoms with Crippen molar-refractivity contribution in [2.75, 3.05) is 17.2 Å². The van der Waals surface area contributed by atoms with Crippen LogP contribution >= 0.6 is 11.3 Å². The van der Waals surface area contributed by atoms with Crippen molar-refractivity contribution >= 4 is 34.1 Å². The van der Waals surface area contributed by atoms with Gasteiger partial charge in [-0.2, -0.15) is 0 Å². The Morgan fingerprint density at radius 2 is 1.88 bits per heavy atom. The molecule has 0 aliphatic carbocycles. The molecule has 0 bridgehead atoms. The van der Waals surface area contributed by atoms with Gasteiger partial charge in [-0.25, -0.2) is 9.78 Å². The van der Waals surface area contributed by atoms with Gasteiger partial charge in [0, 0.05) is 17.6 Å². The fourth-order valence-electron chi connectivity index (χ4n) is 2.00. The van der Waals surface area contributed by atoms with Crippen molar-refractivity contribution in [1.29, 1.82) is 0 Å². The highest BCUT2D eigenvalue weighted by atomic mass is 32.1. The second-order valence-electron chi connectivity index (χ2n) is 5.45. The van der Waals surface area contributed by atoms with Gasteiger partial charge in [-0.1, -0.05) is 37.5 Å². The third kappa shape index (κ3) is 5.66. The molecule has 24 heavy (non-hydrogen) atoms.